The van der Waals surface area contributed by atoms with E-state index in [-0.39, 0.29) is 18.2 Å². The smallest absolute Gasteiger partial charge is 0.406 e. The van der Waals surface area contributed by atoms with E-state index in [0.29, 0.717) is 11.1 Å². The lowest BCUT2D eigenvalue weighted by molar-refractivity contribution is -0.274. The predicted molar refractivity (Wildman–Crippen MR) is 82.6 cm³/mol. The van der Waals surface area contributed by atoms with Crippen LogP contribution in [0.25, 0.3) is 10.9 Å². The Balaban J connectivity index is 1.65. The van der Waals surface area contributed by atoms with Crippen molar-refractivity contribution in [3.63, 3.8) is 0 Å². The van der Waals surface area contributed by atoms with Gasteiger partial charge in [0.1, 0.15) is 5.75 Å². The van der Waals surface area contributed by atoms with Gasteiger partial charge in [-0.15, -0.1) is 13.2 Å². The molecule has 2 aromatic carbocycles. The van der Waals surface area contributed by atoms with Gasteiger partial charge in [-0.25, -0.2) is 0 Å². The molecule has 0 fully saturated rings. The molecule has 0 atom stereocenters. The van der Waals surface area contributed by atoms with Crippen LogP contribution >= 0.6 is 0 Å². The van der Waals surface area contributed by atoms with Crippen LogP contribution < -0.4 is 10.1 Å². The number of amides is 1. The number of alkyl halides is 3. The van der Waals surface area contributed by atoms with Crippen molar-refractivity contribution in [3.8, 4) is 5.75 Å². The lowest BCUT2D eigenvalue weighted by Gasteiger charge is -2.10. The van der Waals surface area contributed by atoms with E-state index in [4.69, 9.17) is 0 Å². The van der Waals surface area contributed by atoms with Crippen LogP contribution in [0, 0.1) is 0 Å². The number of carbonyl (C=O) groups is 1. The number of H-pyrrole nitrogens is 1. The molecule has 24 heavy (non-hydrogen) atoms. The Bertz CT molecular complexity index is 854. The second kappa shape index (κ2) is 6.27. The third kappa shape index (κ3) is 3.68. The van der Waals surface area contributed by atoms with Crippen LogP contribution in [0.1, 0.15) is 15.9 Å². The van der Waals surface area contributed by atoms with Gasteiger partial charge in [-0.3, -0.25) is 4.79 Å². The van der Waals surface area contributed by atoms with Crippen LogP contribution in [0.5, 0.6) is 5.75 Å². The van der Waals surface area contributed by atoms with Crippen molar-refractivity contribution in [2.24, 2.45) is 0 Å². The van der Waals surface area contributed by atoms with Crippen LogP contribution in [0.15, 0.2) is 54.7 Å². The van der Waals surface area contributed by atoms with Crippen LogP contribution in [0.2, 0.25) is 0 Å². The first-order chi connectivity index (χ1) is 11.4. The number of benzene rings is 2. The molecule has 1 aromatic heterocycles. The maximum absolute atomic E-state index is 12.3. The molecule has 0 unspecified atom stereocenters. The highest BCUT2D eigenvalue weighted by Crippen LogP contribution is 2.23. The summed E-state index contributed by atoms with van der Waals surface area (Å²) >= 11 is 0. The topological polar surface area (TPSA) is 54.1 Å². The molecule has 0 aliphatic carbocycles. The Morgan fingerprint density at radius 2 is 1.83 bits per heavy atom. The molecule has 2 N–H and O–H groups in total. The fourth-order valence-corrected chi connectivity index (χ4v) is 2.37. The maximum Gasteiger partial charge on any atom is 0.573 e. The molecule has 0 aliphatic heterocycles. The molecule has 124 valence electrons. The van der Waals surface area contributed by atoms with Crippen LogP contribution in [0.3, 0.4) is 0 Å². The molecule has 3 rings (SSSR count). The van der Waals surface area contributed by atoms with Gasteiger partial charge in [0.15, 0.2) is 0 Å². The highest BCUT2D eigenvalue weighted by atomic mass is 19.4. The van der Waals surface area contributed by atoms with E-state index >= 15 is 0 Å². The molecule has 1 amide bonds. The first-order valence-corrected chi connectivity index (χ1v) is 7.11. The van der Waals surface area contributed by atoms with E-state index in [1.165, 1.54) is 24.3 Å². The normalized spacial score (nSPS) is 11.5. The summed E-state index contributed by atoms with van der Waals surface area (Å²) in [6.45, 7) is 0.200. The van der Waals surface area contributed by atoms with Gasteiger partial charge in [-0.05, 0) is 35.9 Å². The summed E-state index contributed by atoms with van der Waals surface area (Å²) in [5.74, 6) is -0.550. The number of ether oxygens (including phenoxy) is 1. The SMILES string of the molecule is O=C(NCc1ccc(OC(F)(F)F)cc1)c1cccc2[nH]ccc12. The molecule has 3 aromatic rings. The zero-order valence-electron chi connectivity index (χ0n) is 12.4. The molecule has 7 heteroatoms. The van der Waals surface area contributed by atoms with Gasteiger partial charge in [0.05, 0.1) is 0 Å². The number of rotatable bonds is 4. The summed E-state index contributed by atoms with van der Waals surface area (Å²) in [4.78, 5) is 15.3. The maximum atomic E-state index is 12.3. The van der Waals surface area contributed by atoms with Crippen molar-refractivity contribution in [2.75, 3.05) is 0 Å². The fourth-order valence-electron chi connectivity index (χ4n) is 2.37. The van der Waals surface area contributed by atoms with Gasteiger partial charge in [-0.2, -0.15) is 0 Å². The summed E-state index contributed by atoms with van der Waals surface area (Å²) in [7, 11) is 0. The van der Waals surface area contributed by atoms with Gasteiger partial charge < -0.3 is 15.0 Å². The molecule has 1 heterocycles. The second-order valence-corrected chi connectivity index (χ2v) is 5.12. The number of aromatic amines is 1. The number of aromatic nitrogens is 1. The standard InChI is InChI=1S/C17H13F3N2O2/c18-17(19,20)24-12-6-4-11(5-7-12)10-22-16(23)14-2-1-3-15-13(14)8-9-21-15/h1-9,21H,10H2,(H,22,23). The lowest BCUT2D eigenvalue weighted by Crippen LogP contribution is -2.23. The van der Waals surface area contributed by atoms with Gasteiger partial charge in [-0.1, -0.05) is 18.2 Å². The first-order valence-electron chi connectivity index (χ1n) is 7.11. The second-order valence-electron chi connectivity index (χ2n) is 5.12. The third-order valence-corrected chi connectivity index (χ3v) is 3.45. The Morgan fingerprint density at radius 1 is 1.08 bits per heavy atom. The van der Waals surface area contributed by atoms with Crippen molar-refractivity contribution in [1.29, 1.82) is 0 Å². The molecule has 0 radical (unpaired) electrons. The number of nitrogens with one attached hydrogen (secondary N) is 2. The summed E-state index contributed by atoms with van der Waals surface area (Å²) in [5.41, 5.74) is 2.06. The molecule has 0 saturated heterocycles. The predicted octanol–water partition coefficient (Wildman–Crippen LogP) is 4.00. The number of hydrogen-bond acceptors (Lipinski definition) is 2. The minimum absolute atomic E-state index is 0.200. The van der Waals surface area contributed by atoms with Crippen molar-refractivity contribution >= 4 is 16.8 Å². The van der Waals surface area contributed by atoms with Crippen molar-refractivity contribution in [1.82, 2.24) is 10.3 Å². The summed E-state index contributed by atoms with van der Waals surface area (Å²) in [6.07, 6.45) is -2.97. The zero-order valence-corrected chi connectivity index (χ0v) is 12.4. The van der Waals surface area contributed by atoms with E-state index < -0.39 is 6.36 Å². The highest BCUT2D eigenvalue weighted by Gasteiger charge is 2.30. The van der Waals surface area contributed by atoms with Crippen LogP contribution in [-0.4, -0.2) is 17.3 Å². The highest BCUT2D eigenvalue weighted by molar-refractivity contribution is 6.06. The first kappa shape index (κ1) is 15.9. The van der Waals surface area contributed by atoms with Crippen molar-refractivity contribution in [2.45, 2.75) is 12.9 Å². The zero-order chi connectivity index (χ0) is 17.2. The lowest BCUT2D eigenvalue weighted by atomic mass is 10.1. The van der Waals surface area contributed by atoms with E-state index in [9.17, 15) is 18.0 Å². The molecule has 0 aliphatic rings. The summed E-state index contributed by atoms with van der Waals surface area (Å²) < 4.78 is 40.1. The van der Waals surface area contributed by atoms with Crippen LogP contribution in [0.4, 0.5) is 13.2 Å². The van der Waals surface area contributed by atoms with Gasteiger partial charge >= 0.3 is 6.36 Å². The van der Waals surface area contributed by atoms with E-state index in [0.717, 1.165) is 10.9 Å². The Labute approximate surface area is 135 Å². The third-order valence-electron chi connectivity index (χ3n) is 3.45. The molecular formula is C17H13F3N2O2. The minimum atomic E-state index is -4.72. The molecule has 0 saturated carbocycles. The van der Waals surface area contributed by atoms with Gasteiger partial charge in [0.25, 0.3) is 5.91 Å². The summed E-state index contributed by atoms with van der Waals surface area (Å²) in [5, 5.41) is 3.56. The van der Waals surface area contributed by atoms with E-state index in [1.807, 2.05) is 12.1 Å². The van der Waals surface area contributed by atoms with Gasteiger partial charge in [0.2, 0.25) is 0 Å². The van der Waals surface area contributed by atoms with E-state index in [1.54, 1.807) is 18.3 Å². The van der Waals surface area contributed by atoms with Crippen molar-refractivity contribution < 1.29 is 22.7 Å². The molecular weight excluding hydrogens is 321 g/mol. The molecule has 0 bridgehead atoms. The number of fused-ring (bicyclic) bond motifs is 1. The van der Waals surface area contributed by atoms with Gasteiger partial charge in [0, 0.05) is 29.2 Å². The Kier molecular flexibility index (Phi) is 4.16. The van der Waals surface area contributed by atoms with E-state index in [2.05, 4.69) is 15.0 Å². The number of carbonyl (C=O) groups excluding carboxylic acids is 1. The largest absolute Gasteiger partial charge is 0.573 e. The molecule has 4 nitrogen and oxygen atoms in total. The molecule has 0 spiro atoms. The monoisotopic (exact) mass is 334 g/mol. The van der Waals surface area contributed by atoms with Crippen LogP contribution in [-0.2, 0) is 6.54 Å². The number of hydrogen-bond donors (Lipinski definition) is 2. The average Bonchev–Trinajstić information content (AvgIpc) is 3.01. The Morgan fingerprint density at radius 3 is 2.54 bits per heavy atom. The number of halogens is 3. The Hall–Kier alpha value is -2.96. The average molecular weight is 334 g/mol. The summed E-state index contributed by atoms with van der Waals surface area (Å²) in [6, 6.07) is 12.5. The quantitative estimate of drug-likeness (QED) is 0.758. The fraction of sp³-hybridized carbons (Fsp3) is 0.118. The van der Waals surface area contributed by atoms with Crippen molar-refractivity contribution in [3.05, 3.63) is 65.9 Å². The minimum Gasteiger partial charge on any atom is -0.406 e.